The first-order valence-corrected chi connectivity index (χ1v) is 6.67. The van der Waals surface area contributed by atoms with Gasteiger partial charge in [-0.05, 0) is 37.6 Å². The third kappa shape index (κ3) is 3.64. The minimum absolute atomic E-state index is 0.0149. The lowest BCUT2D eigenvalue weighted by molar-refractivity contribution is -0.137. The highest BCUT2D eigenvalue weighted by Crippen LogP contribution is 2.33. The van der Waals surface area contributed by atoms with Gasteiger partial charge in [0.2, 0.25) is 5.91 Å². The SMILES string of the molecule is O=C(Nc1cc(C(F)(F)F)ccc1Cl)[C@@H]1CCCCN1. The Morgan fingerprint density at radius 3 is 2.70 bits per heavy atom. The number of hydrogen-bond acceptors (Lipinski definition) is 2. The fraction of sp³-hybridized carbons (Fsp3) is 0.462. The number of halogens is 4. The number of alkyl halides is 3. The number of rotatable bonds is 2. The van der Waals surface area contributed by atoms with Gasteiger partial charge in [0.1, 0.15) is 0 Å². The Morgan fingerprint density at radius 2 is 2.10 bits per heavy atom. The van der Waals surface area contributed by atoms with E-state index in [1.54, 1.807) is 0 Å². The van der Waals surface area contributed by atoms with Crippen LogP contribution in [0.2, 0.25) is 5.02 Å². The summed E-state index contributed by atoms with van der Waals surface area (Å²) >= 11 is 5.83. The van der Waals surface area contributed by atoms with Crippen LogP contribution in [0.15, 0.2) is 18.2 Å². The minimum Gasteiger partial charge on any atom is -0.323 e. The van der Waals surface area contributed by atoms with Crippen LogP contribution in [0.3, 0.4) is 0 Å². The number of hydrogen-bond donors (Lipinski definition) is 2. The van der Waals surface area contributed by atoms with Gasteiger partial charge in [-0.25, -0.2) is 0 Å². The molecule has 2 N–H and O–H groups in total. The van der Waals surface area contributed by atoms with Gasteiger partial charge in [-0.3, -0.25) is 4.79 Å². The van der Waals surface area contributed by atoms with Gasteiger partial charge in [0.05, 0.1) is 22.3 Å². The van der Waals surface area contributed by atoms with Gasteiger partial charge in [0.25, 0.3) is 0 Å². The van der Waals surface area contributed by atoms with E-state index in [1.165, 1.54) is 0 Å². The summed E-state index contributed by atoms with van der Waals surface area (Å²) in [5.41, 5.74) is -0.854. The van der Waals surface area contributed by atoms with Crippen molar-refractivity contribution < 1.29 is 18.0 Å². The molecule has 0 radical (unpaired) electrons. The van der Waals surface area contributed by atoms with Crippen LogP contribution >= 0.6 is 11.6 Å². The molecule has 1 heterocycles. The van der Waals surface area contributed by atoms with Crippen molar-refractivity contribution in [1.82, 2.24) is 5.32 Å². The van der Waals surface area contributed by atoms with E-state index in [9.17, 15) is 18.0 Å². The molecule has 3 nitrogen and oxygen atoms in total. The first-order valence-electron chi connectivity index (χ1n) is 6.29. The topological polar surface area (TPSA) is 41.1 Å². The van der Waals surface area contributed by atoms with E-state index in [-0.39, 0.29) is 22.7 Å². The van der Waals surface area contributed by atoms with Crippen LogP contribution in [-0.4, -0.2) is 18.5 Å². The van der Waals surface area contributed by atoms with Crippen LogP contribution in [0.25, 0.3) is 0 Å². The summed E-state index contributed by atoms with van der Waals surface area (Å²) in [5, 5.41) is 5.57. The molecule has 1 aromatic rings. The molecule has 110 valence electrons. The van der Waals surface area contributed by atoms with Crippen LogP contribution in [0.4, 0.5) is 18.9 Å². The summed E-state index contributed by atoms with van der Waals surface area (Å²) in [7, 11) is 0. The average Bonchev–Trinajstić information content (AvgIpc) is 2.41. The molecule has 1 aliphatic rings. The van der Waals surface area contributed by atoms with Gasteiger partial charge < -0.3 is 10.6 Å². The van der Waals surface area contributed by atoms with Crippen molar-refractivity contribution in [2.45, 2.75) is 31.5 Å². The maximum atomic E-state index is 12.6. The van der Waals surface area contributed by atoms with E-state index in [0.717, 1.165) is 37.6 Å². The molecule has 0 unspecified atom stereocenters. The summed E-state index contributed by atoms with van der Waals surface area (Å²) in [4.78, 5) is 12.0. The van der Waals surface area contributed by atoms with Crippen molar-refractivity contribution in [3.8, 4) is 0 Å². The van der Waals surface area contributed by atoms with Crippen LogP contribution in [-0.2, 0) is 11.0 Å². The highest BCUT2D eigenvalue weighted by atomic mass is 35.5. The van der Waals surface area contributed by atoms with E-state index < -0.39 is 11.7 Å². The molecule has 2 rings (SSSR count). The first kappa shape index (κ1) is 15.1. The fourth-order valence-electron chi connectivity index (χ4n) is 2.09. The van der Waals surface area contributed by atoms with Crippen molar-refractivity contribution in [3.63, 3.8) is 0 Å². The lowest BCUT2D eigenvalue weighted by atomic mass is 10.0. The zero-order valence-corrected chi connectivity index (χ0v) is 11.3. The number of amides is 1. The van der Waals surface area contributed by atoms with Gasteiger partial charge in [0.15, 0.2) is 0 Å². The second-order valence-electron chi connectivity index (χ2n) is 4.68. The van der Waals surface area contributed by atoms with Crippen molar-refractivity contribution in [2.24, 2.45) is 0 Å². The van der Waals surface area contributed by atoms with Crippen LogP contribution in [0.1, 0.15) is 24.8 Å². The Balaban J connectivity index is 2.13. The molecule has 0 spiro atoms. The quantitative estimate of drug-likeness (QED) is 0.879. The fourth-order valence-corrected chi connectivity index (χ4v) is 2.26. The van der Waals surface area contributed by atoms with E-state index in [4.69, 9.17) is 11.6 Å². The molecule has 0 aliphatic carbocycles. The van der Waals surface area contributed by atoms with Crippen molar-refractivity contribution in [3.05, 3.63) is 28.8 Å². The molecular formula is C13H14ClF3N2O. The van der Waals surface area contributed by atoms with Gasteiger partial charge >= 0.3 is 6.18 Å². The highest BCUT2D eigenvalue weighted by Gasteiger charge is 2.31. The molecule has 1 aromatic carbocycles. The Kier molecular flexibility index (Phi) is 4.55. The molecule has 7 heteroatoms. The molecule has 1 saturated heterocycles. The molecule has 0 aromatic heterocycles. The summed E-state index contributed by atoms with van der Waals surface area (Å²) in [5.74, 6) is -0.356. The lowest BCUT2D eigenvalue weighted by Crippen LogP contribution is -2.43. The molecule has 0 saturated carbocycles. The minimum atomic E-state index is -4.47. The first-order chi connectivity index (χ1) is 9.38. The van der Waals surface area contributed by atoms with E-state index in [1.807, 2.05) is 0 Å². The molecule has 20 heavy (non-hydrogen) atoms. The molecule has 0 bridgehead atoms. The summed E-state index contributed by atoms with van der Waals surface area (Å²) in [6.45, 7) is 0.731. The van der Waals surface area contributed by atoms with Crippen molar-refractivity contribution >= 4 is 23.2 Å². The molecular weight excluding hydrogens is 293 g/mol. The Hall–Kier alpha value is -1.27. The second kappa shape index (κ2) is 6.01. The Labute approximate surface area is 119 Å². The normalized spacial score (nSPS) is 19.7. The standard InChI is InChI=1S/C13H14ClF3N2O/c14-9-5-4-8(13(15,16)17)7-11(9)19-12(20)10-3-1-2-6-18-10/h4-5,7,10,18H,1-3,6H2,(H,19,20)/t10-/m0/s1. The predicted molar refractivity (Wildman–Crippen MR) is 70.7 cm³/mol. The molecule has 1 atom stereocenters. The van der Waals surface area contributed by atoms with Crippen LogP contribution in [0, 0.1) is 0 Å². The predicted octanol–water partition coefficient (Wildman–Crippen LogP) is 3.44. The largest absolute Gasteiger partial charge is 0.416 e. The maximum absolute atomic E-state index is 12.6. The molecule has 1 aliphatic heterocycles. The number of piperidine rings is 1. The van der Waals surface area contributed by atoms with E-state index >= 15 is 0 Å². The Morgan fingerprint density at radius 1 is 1.35 bits per heavy atom. The van der Waals surface area contributed by atoms with Crippen molar-refractivity contribution in [2.75, 3.05) is 11.9 Å². The number of anilines is 1. The average molecular weight is 307 g/mol. The highest BCUT2D eigenvalue weighted by molar-refractivity contribution is 6.33. The maximum Gasteiger partial charge on any atom is 0.416 e. The molecule has 1 fully saturated rings. The number of carbonyl (C=O) groups excluding carboxylic acids is 1. The van der Waals surface area contributed by atoms with Gasteiger partial charge in [-0.2, -0.15) is 13.2 Å². The second-order valence-corrected chi connectivity index (χ2v) is 5.09. The van der Waals surface area contributed by atoms with Crippen LogP contribution < -0.4 is 10.6 Å². The summed E-state index contributed by atoms with van der Waals surface area (Å²) < 4.78 is 37.9. The zero-order valence-electron chi connectivity index (χ0n) is 10.6. The molecule has 1 amide bonds. The third-order valence-electron chi connectivity index (χ3n) is 3.18. The third-order valence-corrected chi connectivity index (χ3v) is 3.51. The van der Waals surface area contributed by atoms with Gasteiger partial charge in [0, 0.05) is 0 Å². The van der Waals surface area contributed by atoms with Crippen molar-refractivity contribution in [1.29, 1.82) is 0 Å². The zero-order chi connectivity index (χ0) is 14.8. The van der Waals surface area contributed by atoms with E-state index in [2.05, 4.69) is 10.6 Å². The number of carbonyl (C=O) groups is 1. The van der Waals surface area contributed by atoms with E-state index in [0.29, 0.717) is 6.42 Å². The Bertz CT molecular complexity index is 499. The smallest absolute Gasteiger partial charge is 0.323 e. The van der Waals surface area contributed by atoms with Crippen LogP contribution in [0.5, 0.6) is 0 Å². The number of benzene rings is 1. The lowest BCUT2D eigenvalue weighted by Gasteiger charge is -2.23. The number of nitrogens with one attached hydrogen (secondary N) is 2. The summed E-state index contributed by atoms with van der Waals surface area (Å²) in [6.07, 6.45) is -1.88. The monoisotopic (exact) mass is 306 g/mol. The van der Waals surface area contributed by atoms with Gasteiger partial charge in [-0.1, -0.05) is 18.0 Å². The summed E-state index contributed by atoms with van der Waals surface area (Å²) in [6, 6.07) is 2.49. The van der Waals surface area contributed by atoms with Gasteiger partial charge in [-0.15, -0.1) is 0 Å².